The van der Waals surface area contributed by atoms with Crippen molar-refractivity contribution in [2.24, 2.45) is 0 Å². The van der Waals surface area contributed by atoms with Gasteiger partial charge in [-0.2, -0.15) is 0 Å². The van der Waals surface area contributed by atoms with Crippen LogP contribution in [0.5, 0.6) is 0 Å². The van der Waals surface area contributed by atoms with Gasteiger partial charge in [0.25, 0.3) is 0 Å². The maximum Gasteiger partial charge on any atom is 0.237 e. The summed E-state index contributed by atoms with van der Waals surface area (Å²) in [5.41, 5.74) is 0. The van der Waals surface area contributed by atoms with Crippen LogP contribution in [0.15, 0.2) is 0 Å². The second kappa shape index (κ2) is 5.25. The molecule has 1 aliphatic heterocycles. The van der Waals surface area contributed by atoms with Gasteiger partial charge >= 0.3 is 0 Å². The van der Waals surface area contributed by atoms with Crippen LogP contribution in [0.1, 0.15) is 32.6 Å². The molecular formula is C12H19ClN2O2. The normalized spacial score (nSPS) is 24.6. The van der Waals surface area contributed by atoms with Crippen LogP contribution in [-0.2, 0) is 9.59 Å². The third-order valence-corrected chi connectivity index (χ3v) is 3.79. The van der Waals surface area contributed by atoms with E-state index in [0.717, 1.165) is 32.2 Å². The predicted octanol–water partition coefficient (Wildman–Crippen LogP) is 1.23. The van der Waals surface area contributed by atoms with Gasteiger partial charge in [-0.25, -0.2) is 0 Å². The molecule has 0 spiro atoms. The van der Waals surface area contributed by atoms with Crippen LogP contribution < -0.4 is 0 Å². The van der Waals surface area contributed by atoms with E-state index in [-0.39, 0.29) is 23.7 Å². The monoisotopic (exact) mass is 258 g/mol. The maximum absolute atomic E-state index is 11.7. The summed E-state index contributed by atoms with van der Waals surface area (Å²) < 4.78 is 0. The molecule has 4 nitrogen and oxygen atoms in total. The van der Waals surface area contributed by atoms with E-state index in [2.05, 4.69) is 0 Å². The molecule has 1 heterocycles. The average molecular weight is 259 g/mol. The smallest absolute Gasteiger partial charge is 0.237 e. The first-order chi connectivity index (χ1) is 8.13. The summed E-state index contributed by atoms with van der Waals surface area (Å²) in [4.78, 5) is 27.0. The lowest BCUT2D eigenvalue weighted by atomic mass is 10.0. The van der Waals surface area contributed by atoms with Crippen molar-refractivity contribution in [2.45, 2.75) is 44.7 Å². The van der Waals surface area contributed by atoms with Crippen LogP contribution in [0.3, 0.4) is 0 Å². The molecule has 1 atom stereocenters. The van der Waals surface area contributed by atoms with Crippen molar-refractivity contribution in [2.75, 3.05) is 19.0 Å². The molecule has 0 radical (unpaired) electrons. The molecule has 0 aromatic rings. The van der Waals surface area contributed by atoms with Gasteiger partial charge in [-0.3, -0.25) is 9.59 Å². The Labute approximate surface area is 107 Å². The highest BCUT2D eigenvalue weighted by Crippen LogP contribution is 2.31. The quantitative estimate of drug-likeness (QED) is 0.715. The lowest BCUT2D eigenvalue weighted by molar-refractivity contribution is -0.137. The summed E-state index contributed by atoms with van der Waals surface area (Å²) in [6.45, 7) is 3.06. The van der Waals surface area contributed by atoms with Crippen LogP contribution in [0.2, 0.25) is 0 Å². The van der Waals surface area contributed by atoms with Crippen molar-refractivity contribution in [3.8, 4) is 0 Å². The Morgan fingerprint density at radius 1 is 1.29 bits per heavy atom. The molecule has 96 valence electrons. The number of nitrogens with zero attached hydrogens (tertiary/aromatic N) is 2. The summed E-state index contributed by atoms with van der Waals surface area (Å²) >= 11 is 5.58. The average Bonchev–Trinajstić information content (AvgIpc) is 3.12. The van der Waals surface area contributed by atoms with Gasteiger partial charge in [-0.15, -0.1) is 11.6 Å². The van der Waals surface area contributed by atoms with Crippen LogP contribution in [0.4, 0.5) is 0 Å². The Balaban J connectivity index is 2.00. The number of amides is 2. The molecule has 1 unspecified atom stereocenters. The Kier molecular flexibility index (Phi) is 3.92. The molecule has 1 saturated carbocycles. The van der Waals surface area contributed by atoms with E-state index in [0.29, 0.717) is 12.6 Å². The molecule has 1 saturated heterocycles. The second-order valence-corrected chi connectivity index (χ2v) is 5.19. The van der Waals surface area contributed by atoms with Crippen LogP contribution in [0.25, 0.3) is 0 Å². The first-order valence-corrected chi connectivity index (χ1v) is 6.79. The number of carbonyl (C=O) groups is 2. The predicted molar refractivity (Wildman–Crippen MR) is 65.9 cm³/mol. The van der Waals surface area contributed by atoms with E-state index in [1.165, 1.54) is 0 Å². The number of piperidine rings is 1. The van der Waals surface area contributed by atoms with Gasteiger partial charge in [-0.1, -0.05) is 0 Å². The third-order valence-electron chi connectivity index (χ3n) is 3.56. The fraction of sp³-hybridized carbons (Fsp3) is 0.833. The molecule has 2 rings (SSSR count). The Morgan fingerprint density at radius 3 is 2.53 bits per heavy atom. The molecular weight excluding hydrogens is 240 g/mol. The molecule has 0 aromatic carbocycles. The highest BCUT2D eigenvalue weighted by Gasteiger charge is 2.38. The molecule has 2 aliphatic rings. The number of halogens is 1. The van der Waals surface area contributed by atoms with E-state index in [9.17, 15) is 9.59 Å². The summed E-state index contributed by atoms with van der Waals surface area (Å²) in [6, 6.07) is 0.615. The molecule has 2 amide bonds. The highest BCUT2D eigenvalue weighted by atomic mass is 35.5. The van der Waals surface area contributed by atoms with Crippen LogP contribution in [0, 0.1) is 0 Å². The minimum absolute atomic E-state index is 0.0179. The molecule has 5 heteroatoms. The number of likely N-dealkylation sites (tertiary alicyclic amines) is 1. The van der Waals surface area contributed by atoms with E-state index in [4.69, 9.17) is 11.6 Å². The number of hydrogen-bond donors (Lipinski definition) is 0. The van der Waals surface area contributed by atoms with E-state index < -0.39 is 0 Å². The SMILES string of the molecule is CC(=O)N(C1CC1)C1CCCN(C(=O)CCl)C1. The third kappa shape index (κ3) is 2.92. The fourth-order valence-corrected chi connectivity index (χ4v) is 2.83. The molecule has 1 aliphatic carbocycles. The zero-order valence-electron chi connectivity index (χ0n) is 10.2. The summed E-state index contributed by atoms with van der Waals surface area (Å²) in [6.07, 6.45) is 4.19. The standard InChI is InChI=1S/C12H19ClN2O2/c1-9(16)15(10-4-5-10)11-3-2-6-14(8-11)12(17)7-13/h10-11H,2-8H2,1H3. The summed E-state index contributed by atoms with van der Waals surface area (Å²) in [7, 11) is 0. The van der Waals surface area contributed by atoms with E-state index in [1.54, 1.807) is 11.8 Å². The van der Waals surface area contributed by atoms with Crippen molar-refractivity contribution >= 4 is 23.4 Å². The molecule has 2 fully saturated rings. The molecule has 0 N–H and O–H groups in total. The van der Waals surface area contributed by atoms with Crippen molar-refractivity contribution < 1.29 is 9.59 Å². The van der Waals surface area contributed by atoms with Gasteiger partial charge in [0.15, 0.2) is 0 Å². The van der Waals surface area contributed by atoms with Crippen LogP contribution >= 0.6 is 11.6 Å². The van der Waals surface area contributed by atoms with E-state index >= 15 is 0 Å². The number of carbonyl (C=O) groups excluding carboxylic acids is 2. The van der Waals surface area contributed by atoms with Crippen molar-refractivity contribution in [3.63, 3.8) is 0 Å². The molecule has 0 aromatic heterocycles. The Bertz CT molecular complexity index is 318. The maximum atomic E-state index is 11.7. The number of hydrogen-bond acceptors (Lipinski definition) is 2. The van der Waals surface area contributed by atoms with Gasteiger partial charge in [0.1, 0.15) is 5.88 Å². The van der Waals surface area contributed by atoms with Crippen LogP contribution in [-0.4, -0.2) is 52.7 Å². The van der Waals surface area contributed by atoms with Gasteiger partial charge in [-0.05, 0) is 25.7 Å². The lowest BCUT2D eigenvalue weighted by Gasteiger charge is -2.39. The number of alkyl halides is 1. The van der Waals surface area contributed by atoms with Crippen molar-refractivity contribution in [1.82, 2.24) is 9.80 Å². The van der Waals surface area contributed by atoms with Crippen molar-refractivity contribution in [1.29, 1.82) is 0 Å². The second-order valence-electron chi connectivity index (χ2n) is 4.93. The Morgan fingerprint density at radius 2 is 2.00 bits per heavy atom. The van der Waals surface area contributed by atoms with Crippen molar-refractivity contribution in [3.05, 3.63) is 0 Å². The highest BCUT2D eigenvalue weighted by molar-refractivity contribution is 6.27. The largest absolute Gasteiger partial charge is 0.340 e. The van der Waals surface area contributed by atoms with Gasteiger partial charge < -0.3 is 9.80 Å². The minimum Gasteiger partial charge on any atom is -0.340 e. The summed E-state index contributed by atoms with van der Waals surface area (Å²) in [5, 5.41) is 0. The van der Waals surface area contributed by atoms with E-state index in [1.807, 2.05) is 4.90 Å². The van der Waals surface area contributed by atoms with Gasteiger partial charge in [0.05, 0.1) is 0 Å². The minimum atomic E-state index is -0.0179. The molecule has 0 bridgehead atoms. The topological polar surface area (TPSA) is 40.6 Å². The Hall–Kier alpha value is -0.770. The van der Waals surface area contributed by atoms with Gasteiger partial charge in [0, 0.05) is 32.1 Å². The molecule has 17 heavy (non-hydrogen) atoms. The van der Waals surface area contributed by atoms with Gasteiger partial charge in [0.2, 0.25) is 11.8 Å². The summed E-state index contributed by atoms with van der Waals surface area (Å²) in [5.74, 6) is 0.157. The lowest BCUT2D eigenvalue weighted by Crippen LogP contribution is -2.52. The fourth-order valence-electron chi connectivity index (χ4n) is 2.66. The first kappa shape index (κ1) is 12.7. The first-order valence-electron chi connectivity index (χ1n) is 6.26. The number of rotatable bonds is 3. The zero-order valence-corrected chi connectivity index (χ0v) is 10.9. The zero-order chi connectivity index (χ0) is 12.4.